The number of rotatable bonds is 8. The Hall–Kier alpha value is -2.77. The molecule has 0 radical (unpaired) electrons. The van der Waals surface area contributed by atoms with Crippen molar-refractivity contribution in [1.82, 2.24) is 19.8 Å². The van der Waals surface area contributed by atoms with E-state index >= 15 is 0 Å². The van der Waals surface area contributed by atoms with E-state index in [1.54, 1.807) is 36.9 Å². The van der Waals surface area contributed by atoms with Gasteiger partial charge in [-0.2, -0.15) is 0 Å². The largest absolute Gasteiger partial charge is 0.296 e. The third-order valence-electron chi connectivity index (χ3n) is 7.46. The van der Waals surface area contributed by atoms with E-state index in [0.717, 1.165) is 38.8 Å². The van der Waals surface area contributed by atoms with Crippen molar-refractivity contribution < 1.29 is 14.4 Å². The van der Waals surface area contributed by atoms with Gasteiger partial charge in [-0.1, -0.05) is 0 Å². The summed E-state index contributed by atoms with van der Waals surface area (Å²) in [5.41, 5.74) is 1.28. The standard InChI is InChI=1S/C27H34N4O3/c1-19(30-13-5-9-23(17-30)26(33)21-7-3-11-28-15-21)25(32)20(2)31-14-6-10-24(18-31)27(34)22-8-4-12-29-16-22/h3-4,7-8,11-12,15-16,19-20,23-24H,5-6,9-10,13-14,17-18H2,1-2H3. The highest BCUT2D eigenvalue weighted by atomic mass is 16.1. The lowest BCUT2D eigenvalue weighted by atomic mass is 9.88. The fourth-order valence-electron chi connectivity index (χ4n) is 5.34. The highest BCUT2D eigenvalue weighted by molar-refractivity contribution is 5.98. The zero-order valence-corrected chi connectivity index (χ0v) is 20.1. The normalized spacial score (nSPS) is 23.7. The number of pyridine rings is 2. The van der Waals surface area contributed by atoms with Crippen LogP contribution in [0.5, 0.6) is 0 Å². The smallest absolute Gasteiger partial charge is 0.168 e. The molecule has 34 heavy (non-hydrogen) atoms. The molecular weight excluding hydrogens is 428 g/mol. The SMILES string of the molecule is CC(C(=O)C(C)N1CCCC(C(=O)c2cccnc2)C1)N1CCCC(C(=O)c2cccnc2)C1. The van der Waals surface area contributed by atoms with Crippen LogP contribution in [0.15, 0.2) is 49.1 Å². The minimum atomic E-state index is -0.270. The molecule has 2 aromatic rings. The highest BCUT2D eigenvalue weighted by Crippen LogP contribution is 2.26. The molecule has 2 aliphatic heterocycles. The van der Waals surface area contributed by atoms with Crippen LogP contribution < -0.4 is 0 Å². The number of ketones is 3. The second kappa shape index (κ2) is 11.1. The molecule has 0 N–H and O–H groups in total. The van der Waals surface area contributed by atoms with Crippen LogP contribution in [-0.4, -0.2) is 75.4 Å². The van der Waals surface area contributed by atoms with E-state index in [4.69, 9.17) is 0 Å². The molecule has 7 heteroatoms. The molecule has 2 aromatic heterocycles. The third-order valence-corrected chi connectivity index (χ3v) is 7.46. The van der Waals surface area contributed by atoms with E-state index in [1.165, 1.54) is 0 Å². The number of piperidine rings is 2. The monoisotopic (exact) mass is 462 g/mol. The van der Waals surface area contributed by atoms with Crippen molar-refractivity contribution in [2.75, 3.05) is 26.2 Å². The highest BCUT2D eigenvalue weighted by Gasteiger charge is 2.36. The molecule has 4 heterocycles. The molecule has 0 saturated carbocycles. The van der Waals surface area contributed by atoms with E-state index in [-0.39, 0.29) is 41.3 Å². The van der Waals surface area contributed by atoms with Gasteiger partial charge in [0.1, 0.15) is 0 Å². The number of hydrogen-bond donors (Lipinski definition) is 0. The lowest BCUT2D eigenvalue weighted by Crippen LogP contribution is -2.54. The zero-order valence-electron chi connectivity index (χ0n) is 20.1. The van der Waals surface area contributed by atoms with Crippen molar-refractivity contribution in [3.63, 3.8) is 0 Å². The van der Waals surface area contributed by atoms with Gasteiger partial charge in [-0.05, 0) is 76.9 Å². The van der Waals surface area contributed by atoms with Crippen LogP contribution in [0.25, 0.3) is 0 Å². The fraction of sp³-hybridized carbons (Fsp3) is 0.519. The summed E-state index contributed by atoms with van der Waals surface area (Å²) in [6.45, 7) is 6.73. The second-order valence-corrected chi connectivity index (χ2v) is 9.63. The molecule has 2 fully saturated rings. The van der Waals surface area contributed by atoms with Gasteiger partial charge in [-0.25, -0.2) is 0 Å². The molecule has 7 nitrogen and oxygen atoms in total. The molecule has 0 amide bonds. The number of carbonyl (C=O) groups is 3. The van der Waals surface area contributed by atoms with Crippen LogP contribution in [-0.2, 0) is 4.79 Å². The van der Waals surface area contributed by atoms with Gasteiger partial charge in [0.05, 0.1) is 12.1 Å². The van der Waals surface area contributed by atoms with Crippen molar-refractivity contribution in [3.8, 4) is 0 Å². The molecular formula is C27H34N4O3. The van der Waals surface area contributed by atoms with E-state index in [1.807, 2.05) is 26.0 Å². The minimum absolute atomic E-state index is 0.110. The first-order chi connectivity index (χ1) is 16.5. The van der Waals surface area contributed by atoms with Gasteiger partial charge in [0.2, 0.25) is 0 Å². The Kier molecular flexibility index (Phi) is 7.95. The summed E-state index contributed by atoms with van der Waals surface area (Å²) >= 11 is 0. The third kappa shape index (κ3) is 5.47. The van der Waals surface area contributed by atoms with E-state index in [2.05, 4.69) is 19.8 Å². The average Bonchev–Trinajstić information content (AvgIpc) is 2.92. The van der Waals surface area contributed by atoms with Crippen LogP contribution >= 0.6 is 0 Å². The maximum atomic E-state index is 13.5. The Bertz CT molecular complexity index is 918. The van der Waals surface area contributed by atoms with Crippen molar-refractivity contribution >= 4 is 17.3 Å². The topological polar surface area (TPSA) is 83.5 Å². The van der Waals surface area contributed by atoms with Gasteiger partial charge in [0.25, 0.3) is 0 Å². The van der Waals surface area contributed by atoms with Gasteiger partial charge in [0.15, 0.2) is 17.3 Å². The molecule has 180 valence electrons. The molecule has 0 aliphatic carbocycles. The molecule has 2 aliphatic rings. The number of hydrogen-bond acceptors (Lipinski definition) is 7. The van der Waals surface area contributed by atoms with Crippen molar-refractivity contribution in [1.29, 1.82) is 0 Å². The fourth-order valence-corrected chi connectivity index (χ4v) is 5.34. The average molecular weight is 463 g/mol. The van der Waals surface area contributed by atoms with Crippen LogP contribution in [0, 0.1) is 11.8 Å². The first kappa shape index (κ1) is 24.4. The predicted octanol–water partition coefficient (Wildman–Crippen LogP) is 3.31. The molecule has 0 bridgehead atoms. The van der Waals surface area contributed by atoms with Gasteiger partial charge < -0.3 is 0 Å². The summed E-state index contributed by atoms with van der Waals surface area (Å²) in [5, 5.41) is 0. The first-order valence-electron chi connectivity index (χ1n) is 12.4. The molecule has 4 unspecified atom stereocenters. The van der Waals surface area contributed by atoms with Crippen LogP contribution in [0.1, 0.15) is 60.2 Å². The van der Waals surface area contributed by atoms with E-state index < -0.39 is 0 Å². The summed E-state index contributed by atoms with van der Waals surface area (Å²) < 4.78 is 0. The van der Waals surface area contributed by atoms with Gasteiger partial charge in [-0.15, -0.1) is 0 Å². The van der Waals surface area contributed by atoms with Gasteiger partial charge in [-0.3, -0.25) is 34.2 Å². The maximum Gasteiger partial charge on any atom is 0.168 e. The summed E-state index contributed by atoms with van der Waals surface area (Å²) in [6, 6.07) is 6.65. The Labute approximate surface area is 201 Å². The summed E-state index contributed by atoms with van der Waals surface area (Å²) in [6.07, 6.45) is 10.1. The molecule has 0 aromatic carbocycles. The minimum Gasteiger partial charge on any atom is -0.296 e. The Morgan fingerprint density at radius 1 is 0.794 bits per heavy atom. The number of aromatic nitrogens is 2. The second-order valence-electron chi connectivity index (χ2n) is 9.63. The summed E-state index contributed by atoms with van der Waals surface area (Å²) in [7, 11) is 0. The van der Waals surface area contributed by atoms with Crippen LogP contribution in [0.2, 0.25) is 0 Å². The molecule has 2 saturated heterocycles. The Morgan fingerprint density at radius 3 is 1.62 bits per heavy atom. The quantitative estimate of drug-likeness (QED) is 0.557. The lowest BCUT2D eigenvalue weighted by molar-refractivity contribution is -0.129. The predicted molar refractivity (Wildman–Crippen MR) is 130 cm³/mol. The summed E-state index contributed by atoms with van der Waals surface area (Å²) in [5.74, 6) is 0.153. The Balaban J connectivity index is 1.37. The number of likely N-dealkylation sites (tertiary alicyclic amines) is 2. The van der Waals surface area contributed by atoms with Crippen LogP contribution in [0.4, 0.5) is 0 Å². The molecule has 0 spiro atoms. The lowest BCUT2D eigenvalue weighted by Gasteiger charge is -2.40. The van der Waals surface area contributed by atoms with E-state index in [9.17, 15) is 14.4 Å². The van der Waals surface area contributed by atoms with Crippen molar-refractivity contribution in [3.05, 3.63) is 60.2 Å². The van der Waals surface area contributed by atoms with Gasteiger partial charge in [0, 0.05) is 60.8 Å². The number of carbonyl (C=O) groups excluding carboxylic acids is 3. The number of Topliss-reactive ketones (excluding diaryl/α,β-unsaturated/α-hetero) is 3. The van der Waals surface area contributed by atoms with Crippen molar-refractivity contribution in [2.24, 2.45) is 11.8 Å². The van der Waals surface area contributed by atoms with Gasteiger partial charge >= 0.3 is 0 Å². The van der Waals surface area contributed by atoms with Crippen molar-refractivity contribution in [2.45, 2.75) is 51.6 Å². The Morgan fingerprint density at radius 2 is 1.24 bits per heavy atom. The molecule has 4 rings (SSSR count). The maximum absolute atomic E-state index is 13.5. The molecule has 4 atom stereocenters. The summed E-state index contributed by atoms with van der Waals surface area (Å²) in [4.78, 5) is 51.8. The number of nitrogens with zero attached hydrogens (tertiary/aromatic N) is 4. The zero-order chi connectivity index (χ0) is 24.1. The van der Waals surface area contributed by atoms with Crippen LogP contribution in [0.3, 0.4) is 0 Å². The first-order valence-corrected chi connectivity index (χ1v) is 12.4. The van der Waals surface area contributed by atoms with E-state index in [0.29, 0.717) is 24.2 Å².